The Morgan fingerprint density at radius 3 is 2.69 bits per heavy atom. The van der Waals surface area contributed by atoms with E-state index in [0.717, 1.165) is 11.3 Å². The van der Waals surface area contributed by atoms with Crippen LogP contribution in [0.3, 0.4) is 0 Å². The monoisotopic (exact) mass is 492 g/mol. The van der Waals surface area contributed by atoms with Gasteiger partial charge in [-0.15, -0.1) is 5.10 Å². The quantitative estimate of drug-likeness (QED) is 0.395. The normalized spacial score (nSPS) is 13.6. The molecule has 3 heterocycles. The molecule has 0 spiro atoms. The second-order valence-corrected chi connectivity index (χ2v) is 8.00. The number of nitrogens with one attached hydrogen (secondary N) is 1. The van der Waals surface area contributed by atoms with E-state index in [1.54, 1.807) is 15.8 Å². The number of nitrogens with zero attached hydrogens (tertiary/aromatic N) is 7. The molecule has 0 atom stereocenters. The fourth-order valence-electron chi connectivity index (χ4n) is 3.49. The molecule has 35 heavy (non-hydrogen) atoms. The van der Waals surface area contributed by atoms with E-state index in [2.05, 4.69) is 30.6 Å². The summed E-state index contributed by atoms with van der Waals surface area (Å²) in [5.74, 6) is 0.158. The molecule has 2 aromatic carbocycles. The van der Waals surface area contributed by atoms with Gasteiger partial charge in [-0.2, -0.15) is 15.0 Å². The number of hydrogen-bond donors (Lipinski definition) is 1. The second-order valence-electron chi connectivity index (χ2n) is 7.66. The number of hydrogen-bond acceptors (Lipinski definition) is 9. The zero-order chi connectivity index (χ0) is 24.0. The number of carbonyl (C=O) groups is 1. The van der Waals surface area contributed by atoms with Gasteiger partial charge >= 0.3 is 6.01 Å². The third-order valence-electron chi connectivity index (χ3n) is 5.13. The molecule has 1 aliphatic heterocycles. The molecule has 0 aliphatic carbocycles. The van der Waals surface area contributed by atoms with Crippen LogP contribution in [-0.4, -0.2) is 55.6 Å². The highest BCUT2D eigenvalue weighted by Gasteiger charge is 2.20. The van der Waals surface area contributed by atoms with Crippen molar-refractivity contribution in [3.8, 4) is 6.01 Å². The van der Waals surface area contributed by atoms with Crippen LogP contribution < -0.4 is 15.0 Å². The molecule has 0 saturated carbocycles. The molecule has 1 aliphatic rings. The first kappa shape index (κ1) is 22.7. The number of aromatic nitrogens is 6. The van der Waals surface area contributed by atoms with Gasteiger partial charge in [0.15, 0.2) is 0 Å². The summed E-state index contributed by atoms with van der Waals surface area (Å²) >= 11 is 6.06. The van der Waals surface area contributed by atoms with Crippen LogP contribution in [0.25, 0.3) is 0 Å². The van der Waals surface area contributed by atoms with E-state index >= 15 is 0 Å². The summed E-state index contributed by atoms with van der Waals surface area (Å²) in [7, 11) is 0. The van der Waals surface area contributed by atoms with E-state index in [1.165, 1.54) is 0 Å². The third-order valence-corrected chi connectivity index (χ3v) is 5.30. The standard InChI is InChI=1S/C23H21ClN8O3/c24-21-26-22(25-17-6-8-19(9-7-17)32-10-11-34-15-20(32)33)28-23(27-21)35-14-18-13-31(30-29-18)12-16-4-2-1-3-5-16/h1-9,13H,10-12,14-15H2,(H,25,26,27,28). The fraction of sp³-hybridized carbons (Fsp3) is 0.217. The number of amides is 1. The Labute approximate surface area is 205 Å². The van der Waals surface area contributed by atoms with Gasteiger partial charge in [-0.1, -0.05) is 35.5 Å². The Kier molecular flexibility index (Phi) is 6.77. The first-order valence-corrected chi connectivity index (χ1v) is 11.2. The molecule has 12 heteroatoms. The van der Waals surface area contributed by atoms with Crippen molar-refractivity contribution in [2.24, 2.45) is 0 Å². The lowest BCUT2D eigenvalue weighted by Crippen LogP contribution is -2.41. The number of ether oxygens (including phenoxy) is 2. The second kappa shape index (κ2) is 10.5. The van der Waals surface area contributed by atoms with Gasteiger partial charge in [0.1, 0.15) is 18.9 Å². The number of benzene rings is 2. The Balaban J connectivity index is 1.20. The molecule has 0 unspecified atom stereocenters. The van der Waals surface area contributed by atoms with Crippen molar-refractivity contribution in [3.63, 3.8) is 0 Å². The van der Waals surface area contributed by atoms with Crippen LogP contribution in [0.4, 0.5) is 17.3 Å². The molecule has 1 N–H and O–H groups in total. The van der Waals surface area contributed by atoms with Crippen LogP contribution in [0.5, 0.6) is 6.01 Å². The van der Waals surface area contributed by atoms with Crippen LogP contribution in [0, 0.1) is 0 Å². The predicted molar refractivity (Wildman–Crippen MR) is 128 cm³/mol. The smallest absolute Gasteiger partial charge is 0.322 e. The highest BCUT2D eigenvalue weighted by atomic mass is 35.5. The zero-order valence-corrected chi connectivity index (χ0v) is 19.3. The van der Waals surface area contributed by atoms with E-state index in [-0.39, 0.29) is 36.4 Å². The largest absolute Gasteiger partial charge is 0.457 e. The molecule has 2 aromatic heterocycles. The molecule has 5 rings (SSSR count). The van der Waals surface area contributed by atoms with Crippen molar-refractivity contribution >= 4 is 34.8 Å². The summed E-state index contributed by atoms with van der Waals surface area (Å²) in [6.07, 6.45) is 1.80. The van der Waals surface area contributed by atoms with Crippen LogP contribution in [-0.2, 0) is 22.7 Å². The summed E-state index contributed by atoms with van der Waals surface area (Å²) in [5, 5.41) is 11.3. The van der Waals surface area contributed by atoms with Gasteiger partial charge in [-0.25, -0.2) is 4.68 Å². The van der Waals surface area contributed by atoms with Gasteiger partial charge in [0.2, 0.25) is 11.2 Å². The van der Waals surface area contributed by atoms with E-state index in [4.69, 9.17) is 21.1 Å². The van der Waals surface area contributed by atoms with Gasteiger partial charge in [0.25, 0.3) is 5.91 Å². The lowest BCUT2D eigenvalue weighted by atomic mass is 10.2. The summed E-state index contributed by atoms with van der Waals surface area (Å²) in [6, 6.07) is 17.3. The number of halogens is 1. The minimum Gasteiger partial charge on any atom is -0.457 e. The summed E-state index contributed by atoms with van der Waals surface area (Å²) < 4.78 is 12.6. The topological polar surface area (TPSA) is 120 Å². The number of anilines is 3. The molecule has 11 nitrogen and oxygen atoms in total. The number of morpholine rings is 1. The highest BCUT2D eigenvalue weighted by Crippen LogP contribution is 2.22. The zero-order valence-electron chi connectivity index (χ0n) is 18.5. The molecule has 4 aromatic rings. The highest BCUT2D eigenvalue weighted by molar-refractivity contribution is 6.28. The van der Waals surface area contributed by atoms with Crippen molar-refractivity contribution in [3.05, 3.63) is 77.3 Å². The summed E-state index contributed by atoms with van der Waals surface area (Å²) in [5.41, 5.74) is 3.25. The van der Waals surface area contributed by atoms with Crippen molar-refractivity contribution < 1.29 is 14.3 Å². The maximum Gasteiger partial charge on any atom is 0.322 e. The van der Waals surface area contributed by atoms with Gasteiger partial charge in [-0.05, 0) is 41.4 Å². The first-order valence-electron chi connectivity index (χ1n) is 10.8. The molecule has 1 saturated heterocycles. The third kappa shape index (κ3) is 5.89. The van der Waals surface area contributed by atoms with E-state index < -0.39 is 0 Å². The van der Waals surface area contributed by atoms with Crippen molar-refractivity contribution in [1.29, 1.82) is 0 Å². The van der Waals surface area contributed by atoms with Crippen molar-refractivity contribution in [1.82, 2.24) is 29.9 Å². The molecule has 1 fully saturated rings. The average molecular weight is 493 g/mol. The van der Waals surface area contributed by atoms with Crippen LogP contribution in [0.1, 0.15) is 11.3 Å². The average Bonchev–Trinajstić information content (AvgIpc) is 3.31. The van der Waals surface area contributed by atoms with Gasteiger partial charge in [0.05, 0.1) is 19.3 Å². The lowest BCUT2D eigenvalue weighted by molar-refractivity contribution is -0.125. The predicted octanol–water partition coefficient (Wildman–Crippen LogP) is 2.85. The summed E-state index contributed by atoms with van der Waals surface area (Å²) in [4.78, 5) is 26.1. The van der Waals surface area contributed by atoms with E-state index in [9.17, 15) is 4.79 Å². The minimum atomic E-state index is -0.0666. The molecule has 178 valence electrons. The van der Waals surface area contributed by atoms with Crippen LogP contribution in [0.15, 0.2) is 60.8 Å². The fourth-order valence-corrected chi connectivity index (χ4v) is 3.64. The van der Waals surface area contributed by atoms with Crippen LogP contribution in [0.2, 0.25) is 5.28 Å². The Bertz CT molecular complexity index is 1300. The summed E-state index contributed by atoms with van der Waals surface area (Å²) in [6.45, 7) is 1.86. The van der Waals surface area contributed by atoms with Gasteiger partial charge in [0, 0.05) is 17.9 Å². The van der Waals surface area contributed by atoms with E-state index in [0.29, 0.717) is 31.1 Å². The first-order chi connectivity index (χ1) is 17.1. The number of rotatable bonds is 8. The maximum atomic E-state index is 12.0. The molecule has 1 amide bonds. The molecular weight excluding hydrogens is 472 g/mol. The molecule has 0 radical (unpaired) electrons. The Morgan fingerprint density at radius 2 is 1.89 bits per heavy atom. The van der Waals surface area contributed by atoms with Gasteiger partial charge < -0.3 is 19.7 Å². The Hall–Kier alpha value is -4.09. The maximum absolute atomic E-state index is 12.0. The SMILES string of the molecule is O=C1COCCN1c1ccc(Nc2nc(Cl)nc(OCc3cn(Cc4ccccc4)nn3)n2)cc1. The molecular formula is C23H21ClN8O3. The number of carbonyl (C=O) groups excluding carboxylic acids is 1. The minimum absolute atomic E-state index is 0.0132. The van der Waals surface area contributed by atoms with Crippen molar-refractivity contribution in [2.75, 3.05) is 30.0 Å². The molecule has 0 bridgehead atoms. The van der Waals surface area contributed by atoms with Crippen molar-refractivity contribution in [2.45, 2.75) is 13.2 Å². The van der Waals surface area contributed by atoms with Crippen LogP contribution >= 0.6 is 11.6 Å². The lowest BCUT2D eigenvalue weighted by Gasteiger charge is -2.26. The van der Waals surface area contributed by atoms with E-state index in [1.807, 2.05) is 54.6 Å². The van der Waals surface area contributed by atoms with Gasteiger partial charge in [-0.3, -0.25) is 4.79 Å². The Morgan fingerprint density at radius 1 is 1.06 bits per heavy atom.